The third-order valence-electron chi connectivity index (χ3n) is 3.01. The molecule has 0 amide bonds. The molecule has 0 atom stereocenters. The molecule has 2 heteroatoms. The highest BCUT2D eigenvalue weighted by atomic mass is 32.2. The maximum absolute atomic E-state index is 2.25. The van der Waals surface area contributed by atoms with Gasteiger partial charge in [-0.05, 0) is 40.9 Å². The normalized spacial score (nSPS) is 10.9. The van der Waals surface area contributed by atoms with E-state index in [2.05, 4.69) is 60.8 Å². The van der Waals surface area contributed by atoms with Crippen LogP contribution in [0.3, 0.4) is 0 Å². The minimum atomic E-state index is 1.04. The molecule has 0 saturated carbocycles. The molecule has 0 aliphatic heterocycles. The molecular formula is C16H14S2. The van der Waals surface area contributed by atoms with Crippen molar-refractivity contribution < 1.29 is 0 Å². The topological polar surface area (TPSA) is 0 Å². The SMILES string of the molecule is Cc1csc2c(CSc3ccccc3)cccc12. The number of thioether (sulfide) groups is 1. The Balaban J connectivity index is 1.87. The monoisotopic (exact) mass is 270 g/mol. The minimum absolute atomic E-state index is 1.04. The lowest BCUT2D eigenvalue weighted by Gasteiger charge is -2.03. The van der Waals surface area contributed by atoms with Crippen molar-refractivity contribution in [2.75, 3.05) is 0 Å². The first-order chi connectivity index (χ1) is 8.84. The summed E-state index contributed by atoms with van der Waals surface area (Å²) in [6, 6.07) is 17.2. The average molecular weight is 270 g/mol. The summed E-state index contributed by atoms with van der Waals surface area (Å²) in [5.74, 6) is 1.04. The van der Waals surface area contributed by atoms with Gasteiger partial charge in [0.2, 0.25) is 0 Å². The fraction of sp³-hybridized carbons (Fsp3) is 0.125. The summed E-state index contributed by atoms with van der Waals surface area (Å²) >= 11 is 3.77. The highest BCUT2D eigenvalue weighted by Crippen LogP contribution is 2.32. The molecule has 0 aliphatic rings. The molecule has 0 fully saturated rings. The highest BCUT2D eigenvalue weighted by Gasteiger charge is 2.05. The van der Waals surface area contributed by atoms with Crippen molar-refractivity contribution in [3.8, 4) is 0 Å². The number of aryl methyl sites for hydroxylation is 1. The van der Waals surface area contributed by atoms with E-state index >= 15 is 0 Å². The molecule has 0 bridgehead atoms. The Morgan fingerprint density at radius 2 is 1.83 bits per heavy atom. The number of hydrogen-bond acceptors (Lipinski definition) is 2. The van der Waals surface area contributed by atoms with Crippen molar-refractivity contribution in [1.29, 1.82) is 0 Å². The molecule has 3 rings (SSSR count). The molecule has 18 heavy (non-hydrogen) atoms. The Kier molecular flexibility index (Phi) is 3.39. The van der Waals surface area contributed by atoms with Gasteiger partial charge in [0, 0.05) is 15.3 Å². The summed E-state index contributed by atoms with van der Waals surface area (Å²) in [6.45, 7) is 2.19. The largest absolute Gasteiger partial charge is 0.143 e. The molecular weight excluding hydrogens is 256 g/mol. The van der Waals surface area contributed by atoms with E-state index in [9.17, 15) is 0 Å². The zero-order valence-electron chi connectivity index (χ0n) is 10.2. The van der Waals surface area contributed by atoms with E-state index in [1.807, 2.05) is 23.1 Å². The Hall–Kier alpha value is -1.25. The fourth-order valence-electron chi connectivity index (χ4n) is 2.04. The van der Waals surface area contributed by atoms with E-state index in [4.69, 9.17) is 0 Å². The smallest absolute Gasteiger partial charge is 0.0386 e. The van der Waals surface area contributed by atoms with E-state index in [1.165, 1.54) is 26.1 Å². The van der Waals surface area contributed by atoms with Gasteiger partial charge in [-0.2, -0.15) is 0 Å². The van der Waals surface area contributed by atoms with E-state index in [-0.39, 0.29) is 0 Å². The summed E-state index contributed by atoms with van der Waals surface area (Å²) in [7, 11) is 0. The first-order valence-electron chi connectivity index (χ1n) is 5.98. The molecule has 0 saturated heterocycles. The number of fused-ring (bicyclic) bond motifs is 1. The summed E-state index contributed by atoms with van der Waals surface area (Å²) in [5.41, 5.74) is 2.83. The van der Waals surface area contributed by atoms with Crippen molar-refractivity contribution in [2.45, 2.75) is 17.6 Å². The molecule has 0 spiro atoms. The van der Waals surface area contributed by atoms with Gasteiger partial charge in [-0.1, -0.05) is 36.4 Å². The van der Waals surface area contributed by atoms with Crippen molar-refractivity contribution >= 4 is 33.2 Å². The van der Waals surface area contributed by atoms with Crippen LogP contribution in [0, 0.1) is 6.92 Å². The van der Waals surface area contributed by atoms with Gasteiger partial charge in [-0.3, -0.25) is 0 Å². The van der Waals surface area contributed by atoms with Crippen molar-refractivity contribution in [1.82, 2.24) is 0 Å². The highest BCUT2D eigenvalue weighted by molar-refractivity contribution is 7.98. The maximum Gasteiger partial charge on any atom is 0.0386 e. The third-order valence-corrected chi connectivity index (χ3v) is 5.26. The van der Waals surface area contributed by atoms with Crippen LogP contribution in [0.15, 0.2) is 58.8 Å². The lowest BCUT2D eigenvalue weighted by Crippen LogP contribution is -1.81. The lowest BCUT2D eigenvalue weighted by atomic mass is 10.1. The van der Waals surface area contributed by atoms with Crippen molar-refractivity contribution in [3.63, 3.8) is 0 Å². The molecule has 0 aliphatic carbocycles. The molecule has 2 aromatic carbocycles. The number of benzene rings is 2. The Labute approximate surface area is 116 Å². The first-order valence-corrected chi connectivity index (χ1v) is 7.84. The van der Waals surface area contributed by atoms with E-state index < -0.39 is 0 Å². The van der Waals surface area contributed by atoms with E-state index in [0.29, 0.717) is 0 Å². The Morgan fingerprint density at radius 1 is 1.00 bits per heavy atom. The summed E-state index contributed by atoms with van der Waals surface area (Å²) in [6.07, 6.45) is 0. The van der Waals surface area contributed by atoms with Crippen molar-refractivity contribution in [3.05, 3.63) is 65.0 Å². The fourth-order valence-corrected chi connectivity index (χ4v) is 4.11. The van der Waals surface area contributed by atoms with Crippen LogP contribution in [0.2, 0.25) is 0 Å². The summed E-state index contributed by atoms with van der Waals surface area (Å²) in [5, 5.41) is 3.66. The molecule has 0 radical (unpaired) electrons. The van der Waals surface area contributed by atoms with Crippen LogP contribution in [-0.2, 0) is 5.75 Å². The van der Waals surface area contributed by atoms with Crippen molar-refractivity contribution in [2.24, 2.45) is 0 Å². The Morgan fingerprint density at radius 3 is 2.67 bits per heavy atom. The quantitative estimate of drug-likeness (QED) is 0.566. The van der Waals surface area contributed by atoms with Crippen LogP contribution < -0.4 is 0 Å². The summed E-state index contributed by atoms with van der Waals surface area (Å²) < 4.78 is 1.44. The standard InChI is InChI=1S/C16H14S2/c1-12-10-18-16-13(6-5-9-15(12)16)11-17-14-7-3-2-4-8-14/h2-10H,11H2,1H3. The van der Waals surface area contributed by atoms with Crippen LogP contribution in [0.1, 0.15) is 11.1 Å². The Bertz CT molecular complexity index is 653. The van der Waals surface area contributed by atoms with Gasteiger partial charge in [0.1, 0.15) is 0 Å². The zero-order chi connectivity index (χ0) is 12.4. The number of rotatable bonds is 3. The van der Waals surface area contributed by atoms with Crippen LogP contribution in [0.5, 0.6) is 0 Å². The van der Waals surface area contributed by atoms with Gasteiger partial charge in [-0.15, -0.1) is 23.1 Å². The van der Waals surface area contributed by atoms with Crippen LogP contribution in [0.4, 0.5) is 0 Å². The van der Waals surface area contributed by atoms with E-state index in [1.54, 1.807) is 0 Å². The predicted octanol–water partition coefficient (Wildman–Crippen LogP) is 5.50. The molecule has 1 aromatic heterocycles. The van der Waals surface area contributed by atoms with Gasteiger partial charge in [0.15, 0.2) is 0 Å². The van der Waals surface area contributed by atoms with Gasteiger partial charge in [0.05, 0.1) is 0 Å². The van der Waals surface area contributed by atoms with Gasteiger partial charge < -0.3 is 0 Å². The summed E-state index contributed by atoms with van der Waals surface area (Å²) in [4.78, 5) is 1.34. The second kappa shape index (κ2) is 5.17. The zero-order valence-corrected chi connectivity index (χ0v) is 11.9. The van der Waals surface area contributed by atoms with Gasteiger partial charge >= 0.3 is 0 Å². The molecule has 0 unspecified atom stereocenters. The average Bonchev–Trinajstić information content (AvgIpc) is 2.80. The lowest BCUT2D eigenvalue weighted by molar-refractivity contribution is 1.41. The van der Waals surface area contributed by atoms with Gasteiger partial charge in [-0.25, -0.2) is 0 Å². The van der Waals surface area contributed by atoms with E-state index in [0.717, 1.165) is 5.75 Å². The first kappa shape index (κ1) is 11.8. The molecule has 1 heterocycles. The molecule has 0 nitrogen and oxygen atoms in total. The van der Waals surface area contributed by atoms with Crippen LogP contribution in [0.25, 0.3) is 10.1 Å². The van der Waals surface area contributed by atoms with Crippen LogP contribution >= 0.6 is 23.1 Å². The van der Waals surface area contributed by atoms with Gasteiger partial charge in [0.25, 0.3) is 0 Å². The molecule has 3 aromatic rings. The molecule has 0 N–H and O–H groups in total. The maximum atomic E-state index is 2.25. The predicted molar refractivity (Wildman–Crippen MR) is 82.6 cm³/mol. The molecule has 90 valence electrons. The minimum Gasteiger partial charge on any atom is -0.143 e. The second-order valence-corrected chi connectivity index (χ2v) is 6.24. The number of hydrogen-bond donors (Lipinski definition) is 0. The second-order valence-electron chi connectivity index (χ2n) is 4.31. The third kappa shape index (κ3) is 2.31. The number of thiophene rings is 1. The van der Waals surface area contributed by atoms with Crippen LogP contribution in [-0.4, -0.2) is 0 Å².